The Hall–Kier alpha value is -3.00. The minimum absolute atomic E-state index is 0.263. The standard InChI is InChI=1S/C19H19ClFN3O4/c1-27-16-10-17(28-2)15(9-13(16)20)23-19(26)22-14-7-8-24(18(14)25)12-5-3-11(21)4-6-12/h3-6,9-10,14H,7-8H2,1-2H3,(H2,22,23,26)/t14-/m0/s1. The first-order valence-corrected chi connectivity index (χ1v) is 8.86. The Bertz CT molecular complexity index is 891. The molecule has 0 bridgehead atoms. The maximum absolute atomic E-state index is 13.1. The number of halogens is 2. The van der Waals surface area contributed by atoms with Crippen molar-refractivity contribution in [2.24, 2.45) is 0 Å². The molecule has 148 valence electrons. The summed E-state index contributed by atoms with van der Waals surface area (Å²) in [5.41, 5.74) is 0.923. The second kappa shape index (κ2) is 8.35. The molecule has 3 rings (SSSR count). The highest BCUT2D eigenvalue weighted by Gasteiger charge is 2.33. The summed E-state index contributed by atoms with van der Waals surface area (Å²) in [4.78, 5) is 26.4. The Morgan fingerprint density at radius 1 is 1.18 bits per heavy atom. The van der Waals surface area contributed by atoms with Gasteiger partial charge in [0.1, 0.15) is 23.4 Å². The molecule has 3 amide bonds. The van der Waals surface area contributed by atoms with E-state index < -0.39 is 12.1 Å². The number of nitrogens with zero attached hydrogens (tertiary/aromatic N) is 1. The fourth-order valence-corrected chi connectivity index (χ4v) is 3.21. The number of carbonyl (C=O) groups excluding carboxylic acids is 2. The smallest absolute Gasteiger partial charge is 0.319 e. The van der Waals surface area contributed by atoms with Crippen LogP contribution in [0.2, 0.25) is 5.02 Å². The molecular formula is C19H19ClFN3O4. The molecule has 0 aliphatic carbocycles. The van der Waals surface area contributed by atoms with Gasteiger partial charge >= 0.3 is 6.03 Å². The van der Waals surface area contributed by atoms with E-state index in [1.165, 1.54) is 49.5 Å². The topological polar surface area (TPSA) is 79.9 Å². The fourth-order valence-electron chi connectivity index (χ4n) is 2.97. The first-order valence-electron chi connectivity index (χ1n) is 8.49. The summed E-state index contributed by atoms with van der Waals surface area (Å²) < 4.78 is 23.4. The predicted molar refractivity (Wildman–Crippen MR) is 104 cm³/mol. The Kier molecular flexibility index (Phi) is 5.89. The average Bonchev–Trinajstić information content (AvgIpc) is 3.03. The lowest BCUT2D eigenvalue weighted by atomic mass is 10.2. The van der Waals surface area contributed by atoms with Crippen molar-refractivity contribution in [3.63, 3.8) is 0 Å². The summed E-state index contributed by atoms with van der Waals surface area (Å²) in [5.74, 6) is 0.130. The largest absolute Gasteiger partial charge is 0.495 e. The fraction of sp³-hybridized carbons (Fsp3) is 0.263. The molecule has 1 aliphatic heterocycles. The first-order chi connectivity index (χ1) is 13.4. The van der Waals surface area contributed by atoms with Crippen LogP contribution in [0.5, 0.6) is 11.5 Å². The van der Waals surface area contributed by atoms with Crippen LogP contribution in [0.4, 0.5) is 20.6 Å². The van der Waals surface area contributed by atoms with Crippen LogP contribution < -0.4 is 25.0 Å². The van der Waals surface area contributed by atoms with Crippen LogP contribution in [0.1, 0.15) is 6.42 Å². The summed E-state index contributed by atoms with van der Waals surface area (Å²) in [5, 5.41) is 5.57. The second-order valence-electron chi connectivity index (χ2n) is 6.09. The van der Waals surface area contributed by atoms with Crippen LogP contribution in [0.25, 0.3) is 0 Å². The van der Waals surface area contributed by atoms with Crippen LogP contribution >= 0.6 is 11.6 Å². The number of benzene rings is 2. The molecule has 0 unspecified atom stereocenters. The van der Waals surface area contributed by atoms with Gasteiger partial charge in [0.05, 0.1) is 24.9 Å². The van der Waals surface area contributed by atoms with Crippen LogP contribution in [0.15, 0.2) is 36.4 Å². The van der Waals surface area contributed by atoms with E-state index in [1.54, 1.807) is 6.07 Å². The molecule has 9 heteroatoms. The number of rotatable bonds is 5. The maximum Gasteiger partial charge on any atom is 0.319 e. The molecule has 1 aliphatic rings. The van der Waals surface area contributed by atoms with Gasteiger partial charge in [-0.2, -0.15) is 0 Å². The molecule has 0 aromatic heterocycles. The van der Waals surface area contributed by atoms with Gasteiger partial charge in [-0.15, -0.1) is 0 Å². The number of ether oxygens (including phenoxy) is 2. The number of amides is 3. The average molecular weight is 408 g/mol. The highest BCUT2D eigenvalue weighted by molar-refractivity contribution is 6.32. The molecule has 1 heterocycles. The normalized spacial score (nSPS) is 16.1. The highest BCUT2D eigenvalue weighted by atomic mass is 35.5. The summed E-state index contributed by atoms with van der Waals surface area (Å²) in [7, 11) is 2.92. The Balaban J connectivity index is 1.66. The molecular weight excluding hydrogens is 389 g/mol. The van der Waals surface area contributed by atoms with E-state index >= 15 is 0 Å². The zero-order valence-corrected chi connectivity index (χ0v) is 16.0. The van der Waals surface area contributed by atoms with Gasteiger partial charge in [0.2, 0.25) is 5.91 Å². The van der Waals surface area contributed by atoms with Crippen LogP contribution in [-0.2, 0) is 4.79 Å². The molecule has 28 heavy (non-hydrogen) atoms. The lowest BCUT2D eigenvalue weighted by Gasteiger charge is -2.18. The van der Waals surface area contributed by atoms with Crippen molar-refractivity contribution < 1.29 is 23.5 Å². The number of hydrogen-bond acceptors (Lipinski definition) is 4. The predicted octanol–water partition coefficient (Wildman–Crippen LogP) is 3.42. The van der Waals surface area contributed by atoms with E-state index in [0.29, 0.717) is 40.9 Å². The van der Waals surface area contributed by atoms with Crippen molar-refractivity contribution in [1.29, 1.82) is 0 Å². The third kappa shape index (κ3) is 4.12. The van der Waals surface area contributed by atoms with Gasteiger partial charge in [-0.1, -0.05) is 11.6 Å². The monoisotopic (exact) mass is 407 g/mol. The molecule has 2 aromatic rings. The number of urea groups is 1. The van der Waals surface area contributed by atoms with E-state index in [0.717, 1.165) is 0 Å². The summed E-state index contributed by atoms with van der Waals surface area (Å²) in [6.45, 7) is 0.424. The van der Waals surface area contributed by atoms with Gasteiger partial charge in [-0.25, -0.2) is 9.18 Å². The van der Waals surface area contributed by atoms with Crippen molar-refractivity contribution >= 4 is 34.9 Å². The van der Waals surface area contributed by atoms with Crippen molar-refractivity contribution in [2.45, 2.75) is 12.5 Å². The molecule has 1 atom stereocenters. The molecule has 1 fully saturated rings. The summed E-state index contributed by atoms with van der Waals surface area (Å²) >= 11 is 6.09. The van der Waals surface area contributed by atoms with E-state index in [1.807, 2.05) is 0 Å². The van der Waals surface area contributed by atoms with Gasteiger partial charge in [0.15, 0.2) is 0 Å². The van der Waals surface area contributed by atoms with E-state index in [-0.39, 0.29) is 11.7 Å². The summed E-state index contributed by atoms with van der Waals surface area (Å²) in [6.07, 6.45) is 0.435. The van der Waals surface area contributed by atoms with Gasteiger partial charge in [-0.05, 0) is 36.8 Å². The molecule has 1 saturated heterocycles. The van der Waals surface area contributed by atoms with Crippen molar-refractivity contribution in [3.8, 4) is 11.5 Å². The Labute approximate surface area is 166 Å². The van der Waals surface area contributed by atoms with Crippen LogP contribution in [0, 0.1) is 5.82 Å². The maximum atomic E-state index is 13.1. The van der Waals surface area contributed by atoms with E-state index in [2.05, 4.69) is 10.6 Å². The van der Waals surface area contributed by atoms with Crippen molar-refractivity contribution in [1.82, 2.24) is 5.32 Å². The van der Waals surface area contributed by atoms with Crippen LogP contribution in [0.3, 0.4) is 0 Å². The molecule has 0 radical (unpaired) electrons. The molecule has 0 saturated carbocycles. The molecule has 2 N–H and O–H groups in total. The van der Waals surface area contributed by atoms with Crippen molar-refractivity contribution in [2.75, 3.05) is 31.0 Å². The van der Waals surface area contributed by atoms with Gasteiger partial charge < -0.3 is 25.0 Å². The Morgan fingerprint density at radius 2 is 1.86 bits per heavy atom. The zero-order valence-electron chi connectivity index (χ0n) is 15.3. The third-order valence-corrected chi connectivity index (χ3v) is 4.67. The second-order valence-corrected chi connectivity index (χ2v) is 6.50. The lowest BCUT2D eigenvalue weighted by molar-refractivity contribution is -0.118. The third-order valence-electron chi connectivity index (χ3n) is 4.37. The van der Waals surface area contributed by atoms with Gasteiger partial charge in [0.25, 0.3) is 0 Å². The number of carbonyl (C=O) groups is 2. The first kappa shape index (κ1) is 19.8. The molecule has 7 nitrogen and oxygen atoms in total. The summed E-state index contributed by atoms with van der Waals surface area (Å²) in [6, 6.07) is 7.42. The SMILES string of the molecule is COc1cc(OC)c(NC(=O)N[C@H]2CCN(c3ccc(F)cc3)C2=O)cc1Cl. The van der Waals surface area contributed by atoms with Crippen LogP contribution in [-0.4, -0.2) is 38.7 Å². The number of anilines is 2. The minimum atomic E-state index is -0.690. The van der Waals surface area contributed by atoms with Crippen molar-refractivity contribution in [3.05, 3.63) is 47.2 Å². The number of methoxy groups -OCH3 is 2. The number of hydrogen-bond donors (Lipinski definition) is 2. The highest BCUT2D eigenvalue weighted by Crippen LogP contribution is 2.35. The van der Waals surface area contributed by atoms with E-state index in [4.69, 9.17) is 21.1 Å². The van der Waals surface area contributed by atoms with Gasteiger partial charge in [-0.3, -0.25) is 4.79 Å². The minimum Gasteiger partial charge on any atom is -0.495 e. The zero-order chi connectivity index (χ0) is 20.3. The van der Waals surface area contributed by atoms with E-state index in [9.17, 15) is 14.0 Å². The molecule has 0 spiro atoms. The number of nitrogens with one attached hydrogen (secondary N) is 2. The molecule has 2 aromatic carbocycles. The lowest BCUT2D eigenvalue weighted by Crippen LogP contribution is -2.43. The quantitative estimate of drug-likeness (QED) is 0.795. The Morgan fingerprint density at radius 3 is 2.50 bits per heavy atom. The van der Waals surface area contributed by atoms with Gasteiger partial charge in [0, 0.05) is 18.3 Å².